The zero-order valence-corrected chi connectivity index (χ0v) is 16.0. The molecule has 1 atom stereocenters. The van der Waals surface area contributed by atoms with Crippen LogP contribution in [-0.4, -0.2) is 53.8 Å². The van der Waals surface area contributed by atoms with Crippen molar-refractivity contribution in [2.45, 2.75) is 12.5 Å². The second kappa shape index (κ2) is 8.02. The van der Waals surface area contributed by atoms with Crippen LogP contribution in [0.3, 0.4) is 0 Å². The van der Waals surface area contributed by atoms with Crippen LogP contribution in [0.5, 0.6) is 0 Å². The van der Waals surface area contributed by atoms with Crippen molar-refractivity contribution in [1.29, 1.82) is 0 Å². The summed E-state index contributed by atoms with van der Waals surface area (Å²) in [5.41, 5.74) is 0.150. The Bertz CT molecular complexity index is 877. The van der Waals surface area contributed by atoms with Crippen LogP contribution in [0.15, 0.2) is 53.1 Å². The third-order valence-electron chi connectivity index (χ3n) is 4.50. The summed E-state index contributed by atoms with van der Waals surface area (Å²) in [6.07, 6.45) is 0.636. The fraction of sp³-hybridized carbons (Fsp3) is 0.300. The number of ketones is 1. The minimum atomic E-state index is -0.935. The Labute approximate surface area is 161 Å². The van der Waals surface area contributed by atoms with E-state index in [2.05, 4.69) is 0 Å². The number of rotatable bonds is 7. The standard InChI is InChI=1S/C20H21FN2O3S/c1-22(2)10-6-11-23-17(13-7-3-4-8-14(13)21)16(19(25)20(23)26)18(24)15-9-5-12-27-15/h3-5,7-9,12,17,25H,6,10-11H2,1-2H3/t17-/m0/s1. The van der Waals surface area contributed by atoms with Gasteiger partial charge in [-0.1, -0.05) is 24.3 Å². The fourth-order valence-corrected chi connectivity index (χ4v) is 3.91. The molecule has 1 amide bonds. The van der Waals surface area contributed by atoms with Crippen LogP contribution in [0.1, 0.15) is 27.7 Å². The molecule has 0 aliphatic carbocycles. The summed E-state index contributed by atoms with van der Waals surface area (Å²) in [6.45, 7) is 1.03. The predicted octanol–water partition coefficient (Wildman–Crippen LogP) is 3.42. The van der Waals surface area contributed by atoms with Crippen molar-refractivity contribution in [1.82, 2.24) is 9.80 Å². The lowest BCUT2D eigenvalue weighted by atomic mass is 9.95. The van der Waals surface area contributed by atoms with Gasteiger partial charge in [-0.3, -0.25) is 9.59 Å². The highest BCUT2D eigenvalue weighted by Crippen LogP contribution is 2.40. The number of benzene rings is 1. The summed E-state index contributed by atoms with van der Waals surface area (Å²) in [6, 6.07) is 8.46. The molecule has 142 valence electrons. The molecule has 0 saturated carbocycles. The number of hydrogen-bond donors (Lipinski definition) is 1. The maximum absolute atomic E-state index is 14.5. The lowest BCUT2D eigenvalue weighted by molar-refractivity contribution is -0.129. The van der Waals surface area contributed by atoms with Gasteiger partial charge in [0.05, 0.1) is 16.5 Å². The summed E-state index contributed by atoms with van der Waals surface area (Å²) in [4.78, 5) is 29.4. The highest BCUT2D eigenvalue weighted by Gasteiger charge is 2.44. The topological polar surface area (TPSA) is 60.9 Å². The van der Waals surface area contributed by atoms with Crippen molar-refractivity contribution in [3.8, 4) is 0 Å². The van der Waals surface area contributed by atoms with E-state index < -0.39 is 29.3 Å². The normalized spacial score (nSPS) is 17.3. The fourth-order valence-electron chi connectivity index (χ4n) is 3.23. The number of Topliss-reactive ketones (excluding diaryl/α,β-unsaturated/α-hetero) is 1. The Morgan fingerprint density at radius 3 is 2.63 bits per heavy atom. The Morgan fingerprint density at radius 2 is 2.00 bits per heavy atom. The maximum atomic E-state index is 14.5. The molecule has 1 aliphatic heterocycles. The van der Waals surface area contributed by atoms with Gasteiger partial charge in [0.1, 0.15) is 5.82 Å². The van der Waals surface area contributed by atoms with Crippen molar-refractivity contribution in [2.75, 3.05) is 27.2 Å². The Kier molecular flexibility index (Phi) is 5.72. The summed E-state index contributed by atoms with van der Waals surface area (Å²) >= 11 is 1.22. The molecule has 1 aromatic carbocycles. The van der Waals surface area contributed by atoms with Crippen LogP contribution in [0.2, 0.25) is 0 Å². The van der Waals surface area contributed by atoms with Gasteiger partial charge >= 0.3 is 0 Å². The van der Waals surface area contributed by atoms with Gasteiger partial charge in [0, 0.05) is 12.1 Å². The second-order valence-corrected chi connectivity index (χ2v) is 7.60. The summed E-state index contributed by atoms with van der Waals surface area (Å²) in [7, 11) is 3.84. The van der Waals surface area contributed by atoms with E-state index in [1.165, 1.54) is 22.3 Å². The third-order valence-corrected chi connectivity index (χ3v) is 5.37. The number of nitrogens with zero attached hydrogens (tertiary/aromatic N) is 2. The summed E-state index contributed by atoms with van der Waals surface area (Å²) < 4.78 is 14.5. The molecule has 2 aromatic rings. The number of thiophene rings is 1. The smallest absolute Gasteiger partial charge is 0.290 e. The molecule has 7 heteroatoms. The van der Waals surface area contributed by atoms with Gasteiger partial charge in [-0.2, -0.15) is 0 Å². The zero-order chi connectivity index (χ0) is 19.6. The van der Waals surface area contributed by atoms with E-state index in [9.17, 15) is 19.1 Å². The number of halogens is 1. The van der Waals surface area contributed by atoms with Crippen LogP contribution >= 0.6 is 11.3 Å². The van der Waals surface area contributed by atoms with Crippen LogP contribution in [0.25, 0.3) is 0 Å². The number of aliphatic hydroxyl groups is 1. The molecule has 5 nitrogen and oxygen atoms in total. The van der Waals surface area contributed by atoms with Crippen LogP contribution in [-0.2, 0) is 4.79 Å². The van der Waals surface area contributed by atoms with Crippen LogP contribution in [0.4, 0.5) is 4.39 Å². The number of aliphatic hydroxyl groups excluding tert-OH is 1. The molecule has 27 heavy (non-hydrogen) atoms. The van der Waals surface area contributed by atoms with Crippen molar-refractivity contribution in [2.24, 2.45) is 0 Å². The molecule has 0 spiro atoms. The number of hydrogen-bond acceptors (Lipinski definition) is 5. The Hall–Kier alpha value is -2.51. The molecule has 1 aromatic heterocycles. The van der Waals surface area contributed by atoms with E-state index in [1.54, 1.807) is 35.7 Å². The Balaban J connectivity index is 2.02. The second-order valence-electron chi connectivity index (χ2n) is 6.65. The van der Waals surface area contributed by atoms with Crippen molar-refractivity contribution in [3.05, 3.63) is 69.4 Å². The van der Waals surface area contributed by atoms with Gasteiger partial charge in [0.25, 0.3) is 5.91 Å². The first kappa shape index (κ1) is 19.3. The molecule has 1 N–H and O–H groups in total. The van der Waals surface area contributed by atoms with E-state index in [4.69, 9.17) is 0 Å². The van der Waals surface area contributed by atoms with E-state index >= 15 is 0 Å². The van der Waals surface area contributed by atoms with Gasteiger partial charge in [-0.05, 0) is 44.6 Å². The lowest BCUT2D eigenvalue weighted by Gasteiger charge is -2.27. The maximum Gasteiger partial charge on any atom is 0.290 e. The van der Waals surface area contributed by atoms with Crippen LogP contribution in [0, 0.1) is 5.82 Å². The molecule has 0 bridgehead atoms. The number of carbonyl (C=O) groups excluding carboxylic acids is 2. The quantitative estimate of drug-likeness (QED) is 0.739. The molecule has 1 aliphatic rings. The van der Waals surface area contributed by atoms with Gasteiger partial charge in [-0.15, -0.1) is 11.3 Å². The van der Waals surface area contributed by atoms with Gasteiger partial charge in [-0.25, -0.2) is 4.39 Å². The molecular weight excluding hydrogens is 367 g/mol. The monoisotopic (exact) mass is 388 g/mol. The van der Waals surface area contributed by atoms with Gasteiger partial charge < -0.3 is 14.9 Å². The highest BCUT2D eigenvalue weighted by atomic mass is 32.1. The summed E-state index contributed by atoms with van der Waals surface area (Å²) in [5, 5.41) is 12.2. The largest absolute Gasteiger partial charge is 0.503 e. The number of amides is 1. The van der Waals surface area contributed by atoms with Crippen molar-refractivity contribution >= 4 is 23.0 Å². The lowest BCUT2D eigenvalue weighted by Crippen LogP contribution is -2.34. The van der Waals surface area contributed by atoms with E-state index in [1.807, 2.05) is 19.0 Å². The van der Waals surface area contributed by atoms with Crippen LogP contribution < -0.4 is 0 Å². The first-order valence-corrected chi connectivity index (χ1v) is 9.51. The van der Waals surface area contributed by atoms with Crippen molar-refractivity contribution < 1.29 is 19.1 Å². The zero-order valence-electron chi connectivity index (χ0n) is 15.2. The molecule has 0 unspecified atom stereocenters. The SMILES string of the molecule is CN(C)CCCN1C(=O)C(O)=C(C(=O)c2cccs2)[C@@H]1c1ccccc1F. The highest BCUT2D eigenvalue weighted by molar-refractivity contribution is 7.12. The molecular formula is C20H21FN2O3S. The van der Waals surface area contributed by atoms with Gasteiger partial charge in [0.15, 0.2) is 5.76 Å². The van der Waals surface area contributed by atoms with Gasteiger partial charge in [0.2, 0.25) is 5.78 Å². The first-order chi connectivity index (χ1) is 12.9. The third kappa shape index (κ3) is 3.79. The molecule has 0 saturated heterocycles. The summed E-state index contributed by atoms with van der Waals surface area (Å²) in [5.74, 6) is -2.19. The predicted molar refractivity (Wildman–Crippen MR) is 102 cm³/mol. The molecule has 3 rings (SSSR count). The molecule has 2 heterocycles. The molecule has 0 radical (unpaired) electrons. The van der Waals surface area contributed by atoms with Crippen molar-refractivity contribution in [3.63, 3.8) is 0 Å². The Morgan fingerprint density at radius 1 is 1.26 bits per heavy atom. The minimum absolute atomic E-state index is 0.0580. The molecule has 0 fully saturated rings. The average molecular weight is 388 g/mol. The minimum Gasteiger partial charge on any atom is -0.503 e. The first-order valence-electron chi connectivity index (χ1n) is 8.63. The average Bonchev–Trinajstić information content (AvgIpc) is 3.24. The van der Waals surface area contributed by atoms with E-state index in [0.29, 0.717) is 17.8 Å². The van der Waals surface area contributed by atoms with E-state index in [0.717, 1.165) is 6.54 Å². The van der Waals surface area contributed by atoms with E-state index in [-0.39, 0.29) is 11.1 Å². The number of carbonyl (C=O) groups is 2.